The highest BCUT2D eigenvalue weighted by Crippen LogP contribution is 2.23. The van der Waals surface area contributed by atoms with Crippen LogP contribution in [0.5, 0.6) is 5.75 Å². The van der Waals surface area contributed by atoms with Gasteiger partial charge < -0.3 is 5.11 Å². The van der Waals surface area contributed by atoms with Crippen molar-refractivity contribution in [2.75, 3.05) is 0 Å². The third kappa shape index (κ3) is 4.28. The number of aromatic nitrogens is 3. The number of phenols is 1. The van der Waals surface area contributed by atoms with Gasteiger partial charge in [0, 0.05) is 5.56 Å². The Hall–Kier alpha value is -3.78. The Bertz CT molecular complexity index is 1150. The topological polar surface area (TPSA) is 92.4 Å². The summed E-state index contributed by atoms with van der Waals surface area (Å²) in [7, 11) is 0. The maximum absolute atomic E-state index is 12.6. The number of hydrogen-bond acceptors (Lipinski definition) is 5. The first-order valence-electron chi connectivity index (χ1n) is 9.01. The molecule has 8 heteroatoms. The zero-order chi connectivity index (χ0) is 20.9. The quantitative estimate of drug-likeness (QED) is 0.344. The largest absolute Gasteiger partial charge is 0.507 e. The van der Waals surface area contributed by atoms with E-state index in [2.05, 4.69) is 36.5 Å². The zero-order valence-electron chi connectivity index (χ0n) is 15.6. The molecule has 4 rings (SSSR count). The van der Waals surface area contributed by atoms with Crippen LogP contribution in [0.4, 0.5) is 0 Å². The molecule has 0 fully saturated rings. The molecule has 0 aliphatic heterocycles. The maximum atomic E-state index is 12.6. The molecule has 0 aliphatic rings. The van der Waals surface area contributed by atoms with Gasteiger partial charge in [-0.15, -0.1) is 5.10 Å². The van der Waals surface area contributed by atoms with Gasteiger partial charge in [0.25, 0.3) is 0 Å². The molecule has 0 saturated carbocycles. The van der Waals surface area contributed by atoms with Gasteiger partial charge in [-0.3, -0.25) is 4.79 Å². The van der Waals surface area contributed by atoms with E-state index in [1.165, 1.54) is 12.3 Å². The minimum atomic E-state index is -0.532. The summed E-state index contributed by atoms with van der Waals surface area (Å²) in [5, 5.41) is 17.9. The molecule has 0 spiro atoms. The van der Waals surface area contributed by atoms with Gasteiger partial charge in [0.2, 0.25) is 5.82 Å². The highest BCUT2D eigenvalue weighted by molar-refractivity contribution is 9.10. The second-order valence-electron chi connectivity index (χ2n) is 6.28. The molecule has 148 valence electrons. The van der Waals surface area contributed by atoms with Gasteiger partial charge in [-0.2, -0.15) is 5.10 Å². The van der Waals surface area contributed by atoms with Crippen LogP contribution in [0.25, 0.3) is 17.1 Å². The summed E-state index contributed by atoms with van der Waals surface area (Å²) in [5.41, 5.74) is 4.77. The lowest BCUT2D eigenvalue weighted by Gasteiger charge is -2.05. The van der Waals surface area contributed by atoms with E-state index in [-0.39, 0.29) is 11.6 Å². The Balaban J connectivity index is 1.60. The van der Waals surface area contributed by atoms with Crippen LogP contribution in [0.3, 0.4) is 0 Å². The lowest BCUT2D eigenvalue weighted by molar-refractivity contribution is 0.0945. The molecular formula is C22H16BrN5O2. The van der Waals surface area contributed by atoms with Crippen molar-refractivity contribution in [1.29, 1.82) is 0 Å². The Morgan fingerprint density at radius 1 is 1.03 bits per heavy atom. The molecule has 0 saturated heterocycles. The van der Waals surface area contributed by atoms with Gasteiger partial charge in [-0.05, 0) is 51.8 Å². The first kappa shape index (κ1) is 19.5. The van der Waals surface area contributed by atoms with Crippen molar-refractivity contribution in [2.45, 2.75) is 0 Å². The van der Waals surface area contributed by atoms with Crippen molar-refractivity contribution in [3.8, 4) is 22.8 Å². The molecule has 1 heterocycles. The van der Waals surface area contributed by atoms with Crippen LogP contribution < -0.4 is 5.43 Å². The fourth-order valence-corrected chi connectivity index (χ4v) is 3.15. The predicted molar refractivity (Wildman–Crippen MR) is 118 cm³/mol. The van der Waals surface area contributed by atoms with Crippen LogP contribution in [0.1, 0.15) is 16.2 Å². The average molecular weight is 462 g/mol. The number of carbonyl (C=O) groups is 1. The molecule has 0 aliphatic carbocycles. The highest BCUT2D eigenvalue weighted by atomic mass is 79.9. The van der Waals surface area contributed by atoms with Crippen molar-refractivity contribution in [2.24, 2.45) is 5.10 Å². The van der Waals surface area contributed by atoms with E-state index in [9.17, 15) is 9.90 Å². The van der Waals surface area contributed by atoms with Crippen molar-refractivity contribution in [3.05, 3.63) is 94.7 Å². The van der Waals surface area contributed by atoms with Crippen LogP contribution in [-0.4, -0.2) is 32.0 Å². The number of aromatic hydroxyl groups is 1. The maximum Gasteiger partial charge on any atom is 0.311 e. The summed E-state index contributed by atoms with van der Waals surface area (Å²) in [5.74, 6) is 0.149. The number of amides is 1. The van der Waals surface area contributed by atoms with E-state index in [0.717, 1.165) is 11.3 Å². The van der Waals surface area contributed by atoms with Crippen molar-refractivity contribution < 1.29 is 9.90 Å². The molecule has 30 heavy (non-hydrogen) atoms. The molecule has 0 bridgehead atoms. The third-order valence-corrected chi connectivity index (χ3v) is 4.83. The Kier molecular flexibility index (Phi) is 5.67. The van der Waals surface area contributed by atoms with Crippen molar-refractivity contribution in [1.82, 2.24) is 20.2 Å². The normalized spacial score (nSPS) is 11.0. The zero-order valence-corrected chi connectivity index (χ0v) is 17.2. The first-order chi connectivity index (χ1) is 14.6. The third-order valence-electron chi connectivity index (χ3n) is 4.19. The van der Waals surface area contributed by atoms with Gasteiger partial charge in [0.1, 0.15) is 5.75 Å². The van der Waals surface area contributed by atoms with E-state index in [1.807, 2.05) is 60.7 Å². The minimum absolute atomic E-state index is 0.00161. The number of nitrogens with zero attached hydrogens (tertiary/aromatic N) is 4. The summed E-state index contributed by atoms with van der Waals surface area (Å²) < 4.78 is 2.17. The van der Waals surface area contributed by atoms with E-state index >= 15 is 0 Å². The highest BCUT2D eigenvalue weighted by Gasteiger charge is 2.18. The molecule has 3 aromatic carbocycles. The summed E-state index contributed by atoms with van der Waals surface area (Å²) in [4.78, 5) is 17.0. The molecule has 1 aromatic heterocycles. The van der Waals surface area contributed by atoms with E-state index in [4.69, 9.17) is 0 Å². The molecule has 1 amide bonds. The smallest absolute Gasteiger partial charge is 0.311 e. The number of halogens is 1. The Morgan fingerprint density at radius 2 is 1.73 bits per heavy atom. The van der Waals surface area contributed by atoms with E-state index < -0.39 is 5.91 Å². The number of phenolic OH excluding ortho intramolecular Hbond substituents is 1. The molecule has 0 atom stereocenters. The fourth-order valence-electron chi connectivity index (χ4n) is 2.75. The molecule has 0 unspecified atom stereocenters. The van der Waals surface area contributed by atoms with E-state index in [0.29, 0.717) is 15.9 Å². The molecular weight excluding hydrogens is 446 g/mol. The SMILES string of the molecule is O=C(NN=Cc1ccc(O)c(Br)c1)c1nc(-c2ccccc2)n(-c2ccccc2)n1. The fraction of sp³-hybridized carbons (Fsp3) is 0. The number of rotatable bonds is 5. The monoisotopic (exact) mass is 461 g/mol. The van der Waals surface area contributed by atoms with Crippen LogP contribution in [-0.2, 0) is 0 Å². The Labute approximate surface area is 180 Å². The molecule has 0 radical (unpaired) electrons. The van der Waals surface area contributed by atoms with Gasteiger partial charge >= 0.3 is 5.91 Å². The summed E-state index contributed by atoms with van der Waals surface area (Å²) in [6.45, 7) is 0. The predicted octanol–water partition coefficient (Wildman–Crippen LogP) is 4.17. The Morgan fingerprint density at radius 3 is 2.43 bits per heavy atom. The van der Waals surface area contributed by atoms with Crippen molar-refractivity contribution >= 4 is 28.1 Å². The summed E-state index contributed by atoms with van der Waals surface area (Å²) >= 11 is 3.24. The van der Waals surface area contributed by atoms with Gasteiger partial charge in [-0.1, -0.05) is 48.5 Å². The van der Waals surface area contributed by atoms with Gasteiger partial charge in [0.15, 0.2) is 5.82 Å². The molecule has 7 nitrogen and oxygen atoms in total. The van der Waals surface area contributed by atoms with Crippen LogP contribution >= 0.6 is 15.9 Å². The number of carbonyl (C=O) groups excluding carboxylic acids is 1. The van der Waals surface area contributed by atoms with Crippen LogP contribution in [0.15, 0.2) is 88.4 Å². The van der Waals surface area contributed by atoms with Gasteiger partial charge in [-0.25, -0.2) is 15.1 Å². The second-order valence-corrected chi connectivity index (χ2v) is 7.14. The summed E-state index contributed by atoms with van der Waals surface area (Å²) in [6, 6.07) is 23.9. The van der Waals surface area contributed by atoms with Crippen LogP contribution in [0, 0.1) is 0 Å². The van der Waals surface area contributed by atoms with Crippen LogP contribution in [0.2, 0.25) is 0 Å². The number of para-hydroxylation sites is 1. The van der Waals surface area contributed by atoms with E-state index in [1.54, 1.807) is 16.8 Å². The lowest BCUT2D eigenvalue weighted by atomic mass is 10.2. The lowest BCUT2D eigenvalue weighted by Crippen LogP contribution is -2.19. The number of nitrogens with one attached hydrogen (secondary N) is 1. The summed E-state index contributed by atoms with van der Waals surface area (Å²) in [6.07, 6.45) is 1.47. The number of hydrogen-bond donors (Lipinski definition) is 2. The second kappa shape index (κ2) is 8.71. The standard InChI is InChI=1S/C22H16BrN5O2/c23-18-13-15(11-12-19(18)29)14-24-26-22(30)20-25-21(16-7-3-1-4-8-16)28(27-20)17-9-5-2-6-10-17/h1-14,29H,(H,26,30). The number of benzene rings is 3. The number of hydrazone groups is 1. The van der Waals surface area contributed by atoms with Gasteiger partial charge in [0.05, 0.1) is 16.4 Å². The average Bonchev–Trinajstić information content (AvgIpc) is 3.23. The first-order valence-corrected chi connectivity index (χ1v) is 9.81. The van der Waals surface area contributed by atoms with Crippen molar-refractivity contribution in [3.63, 3.8) is 0 Å². The minimum Gasteiger partial charge on any atom is -0.507 e. The molecule has 4 aromatic rings. The molecule has 2 N–H and O–H groups in total.